The Morgan fingerprint density at radius 2 is 2.08 bits per heavy atom. The van der Waals surface area contributed by atoms with Crippen LogP contribution in [0.25, 0.3) is 0 Å². The zero-order valence-corrected chi connectivity index (χ0v) is 15.8. The van der Waals surface area contributed by atoms with Gasteiger partial charge in [0, 0.05) is 47.0 Å². The summed E-state index contributed by atoms with van der Waals surface area (Å²) in [6, 6.07) is 13.6. The molecule has 7 heteroatoms. The summed E-state index contributed by atoms with van der Waals surface area (Å²) in [5, 5.41) is 14.8. The smallest absolute Gasteiger partial charge is 0.164 e. The van der Waals surface area contributed by atoms with E-state index in [2.05, 4.69) is 22.4 Å². The highest BCUT2D eigenvalue weighted by Gasteiger charge is 2.14. The lowest BCUT2D eigenvalue weighted by Gasteiger charge is -2.19. The number of benzene rings is 2. The van der Waals surface area contributed by atoms with E-state index in [1.54, 1.807) is 31.0 Å². The van der Waals surface area contributed by atoms with Crippen LogP contribution in [-0.2, 0) is 10.6 Å². The first-order chi connectivity index (χ1) is 12.7. The van der Waals surface area contributed by atoms with Gasteiger partial charge in [-0.15, -0.1) is 11.8 Å². The summed E-state index contributed by atoms with van der Waals surface area (Å²) >= 11 is 1.70. The fourth-order valence-corrected chi connectivity index (χ4v) is 3.82. The van der Waals surface area contributed by atoms with E-state index in [1.165, 1.54) is 7.11 Å². The number of rotatable bonds is 7. The number of amidine groups is 1. The maximum Gasteiger partial charge on any atom is 0.164 e. The van der Waals surface area contributed by atoms with E-state index in [-0.39, 0.29) is 5.23 Å². The molecule has 2 aromatic rings. The van der Waals surface area contributed by atoms with Gasteiger partial charge in [0.25, 0.3) is 0 Å². The van der Waals surface area contributed by atoms with E-state index in [9.17, 15) is 5.21 Å². The monoisotopic (exact) mass is 373 g/mol. The highest BCUT2D eigenvalue weighted by molar-refractivity contribution is 7.98. The Morgan fingerprint density at radius 1 is 1.23 bits per heavy atom. The molecular weight excluding hydrogens is 350 g/mol. The predicted octanol–water partition coefficient (Wildman–Crippen LogP) is 2.30. The molecule has 1 heterocycles. The van der Waals surface area contributed by atoms with Crippen LogP contribution in [0.1, 0.15) is 17.5 Å². The van der Waals surface area contributed by atoms with Crippen molar-refractivity contribution in [1.29, 1.82) is 0 Å². The Morgan fingerprint density at radius 3 is 2.81 bits per heavy atom. The first-order valence-electron chi connectivity index (χ1n) is 8.48. The number of hydrogen-bond donors (Lipinski definition) is 2. The molecule has 2 aromatic carbocycles. The number of thioether (sulfide) groups is 1. The van der Waals surface area contributed by atoms with Crippen LogP contribution >= 0.6 is 11.8 Å². The summed E-state index contributed by atoms with van der Waals surface area (Å²) in [4.78, 5) is 10.6. The van der Waals surface area contributed by atoms with Gasteiger partial charge in [-0.2, -0.15) is 5.23 Å². The number of quaternary nitrogens is 1. The Balaban J connectivity index is 1.82. The number of hydrogen-bond acceptors (Lipinski definition) is 6. The van der Waals surface area contributed by atoms with E-state index in [0.717, 1.165) is 47.1 Å². The van der Waals surface area contributed by atoms with Gasteiger partial charge >= 0.3 is 0 Å². The second-order valence-electron chi connectivity index (χ2n) is 5.81. The molecule has 0 aromatic heterocycles. The molecule has 0 radical (unpaired) electrons. The van der Waals surface area contributed by atoms with Gasteiger partial charge in [-0.25, -0.2) is 4.84 Å². The number of aliphatic imine (C=N–C) groups is 1. The van der Waals surface area contributed by atoms with Crippen molar-refractivity contribution in [3.63, 3.8) is 0 Å². The first kappa shape index (κ1) is 18.7. The average molecular weight is 373 g/mol. The molecule has 6 nitrogen and oxygen atoms in total. The Bertz CT molecular complexity index is 782. The van der Waals surface area contributed by atoms with E-state index in [0.29, 0.717) is 11.4 Å². The molecule has 1 atom stereocenters. The SMILES string of the molecule is COc1ccc([NH+]([O-])OC)cc1CSc1ccccc1C1=NCCCN1. The Labute approximate surface area is 157 Å². The van der Waals surface area contributed by atoms with Gasteiger partial charge in [-0.05, 0) is 18.6 Å². The topological polar surface area (TPSA) is 70.4 Å². The van der Waals surface area contributed by atoms with Crippen molar-refractivity contribution < 1.29 is 14.8 Å². The zero-order chi connectivity index (χ0) is 18.4. The maximum atomic E-state index is 11.8. The van der Waals surface area contributed by atoms with Gasteiger partial charge in [0.2, 0.25) is 0 Å². The van der Waals surface area contributed by atoms with Gasteiger partial charge in [0.15, 0.2) is 5.69 Å². The lowest BCUT2D eigenvalue weighted by molar-refractivity contribution is -0.992. The van der Waals surface area contributed by atoms with Crippen LogP contribution in [0.3, 0.4) is 0 Å². The van der Waals surface area contributed by atoms with E-state index < -0.39 is 0 Å². The Kier molecular flexibility index (Phi) is 6.51. The number of nitrogens with one attached hydrogen (secondary N) is 2. The van der Waals surface area contributed by atoms with Crippen LogP contribution < -0.4 is 15.3 Å². The number of ether oxygens (including phenoxy) is 1. The molecule has 1 aliphatic rings. The maximum absolute atomic E-state index is 11.8. The standard InChI is InChI=1S/C19H23N3O3S/c1-24-17-9-8-15(22(23)25-2)12-14(17)13-26-18-7-4-3-6-16(18)19-20-10-5-11-21-19/h3-4,6-9,12,22H,5,10-11,13H2,1-2H3,(H,20,21). The molecule has 1 aliphatic heterocycles. The summed E-state index contributed by atoms with van der Waals surface area (Å²) in [6.07, 6.45) is 1.07. The normalized spacial score (nSPS) is 15.1. The molecule has 3 rings (SSSR count). The van der Waals surface area contributed by atoms with Gasteiger partial charge in [0.1, 0.15) is 11.6 Å². The molecule has 1 unspecified atom stereocenters. The molecule has 0 amide bonds. The third-order valence-electron chi connectivity index (χ3n) is 4.12. The van der Waals surface area contributed by atoms with Gasteiger partial charge in [-0.3, -0.25) is 4.99 Å². The van der Waals surface area contributed by atoms with Gasteiger partial charge in [0.05, 0.1) is 14.2 Å². The quantitative estimate of drug-likeness (QED) is 0.576. The zero-order valence-electron chi connectivity index (χ0n) is 15.0. The van der Waals surface area contributed by atoms with E-state index >= 15 is 0 Å². The summed E-state index contributed by atoms with van der Waals surface area (Å²) in [5.74, 6) is 2.39. The summed E-state index contributed by atoms with van der Waals surface area (Å²) in [6.45, 7) is 1.81. The van der Waals surface area contributed by atoms with Crippen molar-refractivity contribution in [2.45, 2.75) is 17.1 Å². The minimum atomic E-state index is -0.347. The van der Waals surface area contributed by atoms with Crippen LogP contribution in [0, 0.1) is 5.21 Å². The average Bonchev–Trinajstić information content (AvgIpc) is 2.72. The molecule has 138 valence electrons. The van der Waals surface area contributed by atoms with Gasteiger partial charge < -0.3 is 15.3 Å². The van der Waals surface area contributed by atoms with E-state index in [4.69, 9.17) is 9.57 Å². The number of methoxy groups -OCH3 is 1. The van der Waals surface area contributed by atoms with Crippen molar-refractivity contribution in [3.8, 4) is 5.75 Å². The fraction of sp³-hybridized carbons (Fsp3) is 0.316. The van der Waals surface area contributed by atoms with Crippen LogP contribution in [-0.4, -0.2) is 33.1 Å². The third kappa shape index (κ3) is 4.37. The highest BCUT2D eigenvalue weighted by Crippen LogP contribution is 2.31. The highest BCUT2D eigenvalue weighted by atomic mass is 32.2. The van der Waals surface area contributed by atoms with Crippen LogP contribution in [0.5, 0.6) is 5.75 Å². The first-order valence-corrected chi connectivity index (χ1v) is 9.47. The fourth-order valence-electron chi connectivity index (χ4n) is 2.79. The lowest BCUT2D eigenvalue weighted by Crippen LogP contribution is -3.00. The molecule has 2 N–H and O–H groups in total. The largest absolute Gasteiger partial charge is 0.595 e. The van der Waals surface area contributed by atoms with Crippen molar-refractivity contribution in [1.82, 2.24) is 5.32 Å². The van der Waals surface area contributed by atoms with E-state index in [1.807, 2.05) is 18.2 Å². The summed E-state index contributed by atoms with van der Waals surface area (Å²) in [7, 11) is 3.02. The second-order valence-corrected chi connectivity index (χ2v) is 6.83. The minimum absolute atomic E-state index is 0.347. The molecule has 0 saturated heterocycles. The molecular formula is C19H23N3O3S. The molecule has 0 aliphatic carbocycles. The molecule has 0 spiro atoms. The van der Waals surface area contributed by atoms with Crippen LogP contribution in [0.15, 0.2) is 52.4 Å². The molecule has 26 heavy (non-hydrogen) atoms. The predicted molar refractivity (Wildman–Crippen MR) is 104 cm³/mol. The second kappa shape index (κ2) is 9.05. The van der Waals surface area contributed by atoms with Gasteiger partial charge in [-0.1, -0.05) is 18.2 Å². The minimum Gasteiger partial charge on any atom is -0.595 e. The summed E-state index contributed by atoms with van der Waals surface area (Å²) in [5.41, 5.74) is 2.59. The van der Waals surface area contributed by atoms with Crippen molar-refractivity contribution in [2.24, 2.45) is 4.99 Å². The third-order valence-corrected chi connectivity index (χ3v) is 5.25. The van der Waals surface area contributed by atoms with Crippen LogP contribution in [0.4, 0.5) is 5.69 Å². The number of nitrogens with zero attached hydrogens (tertiary/aromatic N) is 1. The molecule has 0 bridgehead atoms. The lowest BCUT2D eigenvalue weighted by atomic mass is 10.2. The van der Waals surface area contributed by atoms with Crippen molar-refractivity contribution in [3.05, 3.63) is 58.8 Å². The molecule has 0 saturated carbocycles. The summed E-state index contributed by atoms with van der Waals surface area (Å²) < 4.78 is 5.45. The molecule has 0 fully saturated rings. The Hall–Kier alpha value is -2.06. The van der Waals surface area contributed by atoms with Crippen molar-refractivity contribution in [2.75, 3.05) is 27.3 Å². The van der Waals surface area contributed by atoms with Crippen LogP contribution in [0.2, 0.25) is 0 Å². The van der Waals surface area contributed by atoms with Crippen molar-refractivity contribution >= 4 is 23.3 Å².